The summed E-state index contributed by atoms with van der Waals surface area (Å²) in [5, 5.41) is 5.00. The second-order valence-electron chi connectivity index (χ2n) is 7.63. The summed E-state index contributed by atoms with van der Waals surface area (Å²) in [6.07, 6.45) is 0.851. The lowest BCUT2D eigenvalue weighted by molar-refractivity contribution is -0.895. The van der Waals surface area contributed by atoms with E-state index in [9.17, 15) is 18.0 Å². The normalized spacial score (nSPS) is 16.1. The Morgan fingerprint density at radius 1 is 1.14 bits per heavy atom. The van der Waals surface area contributed by atoms with Crippen LogP contribution in [0, 0.1) is 12.8 Å². The van der Waals surface area contributed by atoms with Crippen LogP contribution in [0.25, 0.3) is 0 Å². The number of hydrogen-bond donors (Lipinski definition) is 3. The third-order valence-corrected chi connectivity index (χ3v) is 6.67. The van der Waals surface area contributed by atoms with E-state index < -0.39 is 16.1 Å². The molecule has 1 saturated heterocycles. The molecule has 1 heterocycles. The van der Waals surface area contributed by atoms with E-state index in [1.54, 1.807) is 24.3 Å². The second kappa shape index (κ2) is 9.99. The van der Waals surface area contributed by atoms with Crippen LogP contribution in [0.4, 0.5) is 4.79 Å². The first-order chi connectivity index (χ1) is 13.2. The van der Waals surface area contributed by atoms with E-state index in [4.69, 9.17) is 0 Å². The van der Waals surface area contributed by atoms with Crippen LogP contribution in [0.3, 0.4) is 0 Å². The van der Waals surface area contributed by atoms with Crippen molar-refractivity contribution in [2.24, 2.45) is 5.92 Å². The molecule has 1 aliphatic rings. The molecule has 28 heavy (non-hydrogen) atoms. The molecule has 0 radical (unpaired) electrons. The number of carbonyl (C=O) groups is 2. The number of hydrogen-bond acceptors (Lipinski definition) is 4. The number of imide groups is 1. The van der Waals surface area contributed by atoms with E-state index in [-0.39, 0.29) is 17.3 Å². The van der Waals surface area contributed by atoms with Gasteiger partial charge in [0.25, 0.3) is 5.91 Å². The molecule has 1 aliphatic heterocycles. The molecule has 3 amide bonds. The second-order valence-corrected chi connectivity index (χ2v) is 9.57. The molecule has 3 N–H and O–H groups in total. The summed E-state index contributed by atoms with van der Waals surface area (Å²) in [5.41, 5.74) is 1.01. The van der Waals surface area contributed by atoms with Gasteiger partial charge in [-0.15, -0.1) is 0 Å². The molecule has 1 fully saturated rings. The zero-order chi connectivity index (χ0) is 20.7. The summed E-state index contributed by atoms with van der Waals surface area (Å²) in [4.78, 5) is 25.0. The molecule has 1 aromatic carbocycles. The van der Waals surface area contributed by atoms with Crippen molar-refractivity contribution in [2.45, 2.75) is 32.1 Å². The number of benzene rings is 1. The van der Waals surface area contributed by atoms with Gasteiger partial charge in [0, 0.05) is 6.54 Å². The lowest BCUT2D eigenvalue weighted by atomic mass is 10.1. The van der Waals surface area contributed by atoms with Gasteiger partial charge in [0.2, 0.25) is 10.0 Å². The first-order valence-electron chi connectivity index (χ1n) is 9.66. The van der Waals surface area contributed by atoms with Gasteiger partial charge in [-0.2, -0.15) is 4.31 Å². The number of amides is 3. The third-order valence-electron chi connectivity index (χ3n) is 4.76. The Hall–Kier alpha value is -1.97. The number of rotatable bonds is 7. The van der Waals surface area contributed by atoms with Crippen LogP contribution in [0.2, 0.25) is 0 Å². The van der Waals surface area contributed by atoms with Crippen molar-refractivity contribution in [1.82, 2.24) is 14.9 Å². The third kappa shape index (κ3) is 6.57. The van der Waals surface area contributed by atoms with E-state index >= 15 is 0 Å². The molecule has 9 heteroatoms. The number of sulfonamides is 1. The first-order valence-corrected chi connectivity index (χ1v) is 11.1. The fourth-order valence-corrected chi connectivity index (χ4v) is 4.44. The van der Waals surface area contributed by atoms with Crippen LogP contribution < -0.4 is 15.5 Å². The molecule has 0 saturated carbocycles. The highest BCUT2D eigenvalue weighted by molar-refractivity contribution is 7.89. The first kappa shape index (κ1) is 22.3. The SMILES string of the molecule is Cc1ccc(S(=O)(=O)N2CC[NH+](CC(=O)NC(=O)NCCC(C)C)CC2)cc1. The van der Waals surface area contributed by atoms with Crippen molar-refractivity contribution in [2.75, 3.05) is 39.3 Å². The molecule has 0 aromatic heterocycles. The van der Waals surface area contributed by atoms with Crippen LogP contribution in [-0.2, 0) is 14.8 Å². The van der Waals surface area contributed by atoms with Crippen molar-refractivity contribution in [3.63, 3.8) is 0 Å². The number of nitrogens with zero attached hydrogens (tertiary/aromatic N) is 1. The van der Waals surface area contributed by atoms with E-state index in [0.29, 0.717) is 38.6 Å². The van der Waals surface area contributed by atoms with Crippen molar-refractivity contribution < 1.29 is 22.9 Å². The largest absolute Gasteiger partial charge is 0.338 e. The Bertz CT molecular complexity index is 770. The summed E-state index contributed by atoms with van der Waals surface area (Å²) >= 11 is 0. The predicted molar refractivity (Wildman–Crippen MR) is 106 cm³/mol. The molecule has 0 bridgehead atoms. The van der Waals surface area contributed by atoms with Crippen molar-refractivity contribution in [3.05, 3.63) is 29.8 Å². The number of piperazine rings is 1. The molecule has 1 aromatic rings. The summed E-state index contributed by atoms with van der Waals surface area (Å²) < 4.78 is 26.9. The molecular formula is C19H31N4O4S+. The van der Waals surface area contributed by atoms with Gasteiger partial charge in [-0.05, 0) is 31.4 Å². The Labute approximate surface area is 167 Å². The molecule has 0 unspecified atom stereocenters. The van der Waals surface area contributed by atoms with Gasteiger partial charge < -0.3 is 10.2 Å². The lowest BCUT2D eigenvalue weighted by Crippen LogP contribution is -3.15. The quantitative estimate of drug-likeness (QED) is 0.576. The minimum Gasteiger partial charge on any atom is -0.338 e. The van der Waals surface area contributed by atoms with E-state index in [0.717, 1.165) is 16.9 Å². The monoisotopic (exact) mass is 411 g/mol. The highest BCUT2D eigenvalue weighted by atomic mass is 32.2. The molecule has 2 rings (SSSR count). The van der Waals surface area contributed by atoms with Gasteiger partial charge in [0.15, 0.2) is 6.54 Å². The number of aryl methyl sites for hydroxylation is 1. The predicted octanol–water partition coefficient (Wildman–Crippen LogP) is -0.244. The highest BCUT2D eigenvalue weighted by Gasteiger charge is 2.31. The molecule has 8 nitrogen and oxygen atoms in total. The molecule has 0 aliphatic carbocycles. The highest BCUT2D eigenvalue weighted by Crippen LogP contribution is 2.16. The maximum absolute atomic E-state index is 12.7. The maximum Gasteiger partial charge on any atom is 0.321 e. The number of nitrogens with one attached hydrogen (secondary N) is 3. The molecule has 0 atom stereocenters. The van der Waals surface area contributed by atoms with E-state index in [1.165, 1.54) is 4.31 Å². The average molecular weight is 412 g/mol. The minimum absolute atomic E-state index is 0.149. The summed E-state index contributed by atoms with van der Waals surface area (Å²) in [6.45, 7) is 8.45. The maximum atomic E-state index is 12.7. The Balaban J connectivity index is 1.78. The van der Waals surface area contributed by atoms with Gasteiger partial charge in [0.05, 0.1) is 31.1 Å². The van der Waals surface area contributed by atoms with Gasteiger partial charge in [-0.1, -0.05) is 31.5 Å². The Morgan fingerprint density at radius 2 is 1.75 bits per heavy atom. The van der Waals surface area contributed by atoms with Crippen LogP contribution in [-0.4, -0.2) is 63.9 Å². The van der Waals surface area contributed by atoms with Crippen molar-refractivity contribution >= 4 is 22.0 Å². The Morgan fingerprint density at radius 3 is 2.32 bits per heavy atom. The minimum atomic E-state index is -3.51. The van der Waals surface area contributed by atoms with Crippen molar-refractivity contribution in [1.29, 1.82) is 0 Å². The van der Waals surface area contributed by atoms with Crippen LogP contribution in [0.5, 0.6) is 0 Å². The number of carbonyl (C=O) groups excluding carboxylic acids is 2. The number of quaternary nitrogens is 1. The zero-order valence-electron chi connectivity index (χ0n) is 16.8. The van der Waals surface area contributed by atoms with Crippen LogP contribution in [0.1, 0.15) is 25.8 Å². The van der Waals surface area contributed by atoms with Gasteiger partial charge in [-0.25, -0.2) is 13.2 Å². The fourth-order valence-electron chi connectivity index (χ4n) is 3.00. The molecule has 156 valence electrons. The summed E-state index contributed by atoms with van der Waals surface area (Å²) in [7, 11) is -3.51. The lowest BCUT2D eigenvalue weighted by Gasteiger charge is -2.31. The van der Waals surface area contributed by atoms with Gasteiger partial charge in [0.1, 0.15) is 0 Å². The zero-order valence-corrected chi connectivity index (χ0v) is 17.6. The smallest absolute Gasteiger partial charge is 0.321 e. The molecule has 0 spiro atoms. The fraction of sp³-hybridized carbons (Fsp3) is 0.579. The average Bonchev–Trinajstić information content (AvgIpc) is 2.62. The van der Waals surface area contributed by atoms with E-state index in [1.807, 2.05) is 6.92 Å². The summed E-state index contributed by atoms with van der Waals surface area (Å²) in [6, 6.07) is 6.33. The van der Waals surface area contributed by atoms with E-state index in [2.05, 4.69) is 24.5 Å². The summed E-state index contributed by atoms with van der Waals surface area (Å²) in [5.74, 6) is 0.125. The van der Waals surface area contributed by atoms with Crippen LogP contribution >= 0.6 is 0 Å². The number of urea groups is 1. The standard InChI is InChI=1S/C19H30N4O4S/c1-15(2)8-9-20-19(25)21-18(24)14-22-10-12-23(13-11-22)28(26,27)17-6-4-16(3)5-7-17/h4-7,15H,8-14H2,1-3H3,(H2,20,21,24,25)/p+1. The van der Waals surface area contributed by atoms with Gasteiger partial charge in [-0.3, -0.25) is 10.1 Å². The van der Waals surface area contributed by atoms with Crippen LogP contribution in [0.15, 0.2) is 29.2 Å². The van der Waals surface area contributed by atoms with Gasteiger partial charge >= 0.3 is 6.03 Å². The topological polar surface area (TPSA) is 100 Å². The molecular weight excluding hydrogens is 380 g/mol. The Kier molecular flexibility index (Phi) is 7.97. The van der Waals surface area contributed by atoms with Crippen molar-refractivity contribution in [3.8, 4) is 0 Å².